The van der Waals surface area contributed by atoms with Crippen molar-refractivity contribution in [1.82, 2.24) is 4.90 Å². The van der Waals surface area contributed by atoms with Gasteiger partial charge >= 0.3 is 0 Å². The van der Waals surface area contributed by atoms with Crippen molar-refractivity contribution in [3.05, 3.63) is 59.7 Å². The Hall–Kier alpha value is -2.86. The number of rotatable bonds is 11. The van der Waals surface area contributed by atoms with Crippen LogP contribution in [0.2, 0.25) is 0 Å². The molecule has 0 bridgehead atoms. The Bertz CT molecular complexity index is 939. The first-order valence-electron chi connectivity index (χ1n) is 12.4. The molecule has 1 saturated carbocycles. The van der Waals surface area contributed by atoms with E-state index in [1.807, 2.05) is 72.4 Å². The van der Waals surface area contributed by atoms with Crippen LogP contribution in [-0.2, 0) is 20.9 Å². The van der Waals surface area contributed by atoms with Crippen molar-refractivity contribution in [2.75, 3.05) is 44.6 Å². The molecule has 184 valence electrons. The minimum absolute atomic E-state index is 0.0934. The largest absolute Gasteiger partial charge is 0.383 e. The van der Waals surface area contributed by atoms with Crippen LogP contribution in [0.5, 0.6) is 0 Å². The van der Waals surface area contributed by atoms with Crippen molar-refractivity contribution in [3.8, 4) is 0 Å². The maximum Gasteiger partial charge on any atom is 0.230 e. The number of nitrogens with zero attached hydrogens (tertiary/aromatic N) is 2. The molecule has 2 aromatic carbocycles. The van der Waals surface area contributed by atoms with Crippen molar-refractivity contribution in [2.45, 2.75) is 51.5 Å². The molecule has 6 heteroatoms. The Morgan fingerprint density at radius 1 is 1.09 bits per heavy atom. The van der Waals surface area contributed by atoms with Gasteiger partial charge in [0.1, 0.15) is 0 Å². The van der Waals surface area contributed by atoms with E-state index in [0.717, 1.165) is 54.6 Å². The van der Waals surface area contributed by atoms with Gasteiger partial charge in [-0.3, -0.25) is 9.59 Å². The molecule has 0 saturated heterocycles. The highest BCUT2D eigenvalue weighted by atomic mass is 16.5. The van der Waals surface area contributed by atoms with Crippen LogP contribution >= 0.6 is 0 Å². The van der Waals surface area contributed by atoms with Crippen LogP contribution in [0.25, 0.3) is 0 Å². The summed E-state index contributed by atoms with van der Waals surface area (Å²) >= 11 is 0. The van der Waals surface area contributed by atoms with Crippen molar-refractivity contribution in [1.29, 1.82) is 0 Å². The monoisotopic (exact) mass is 465 g/mol. The summed E-state index contributed by atoms with van der Waals surface area (Å²) in [6.45, 7) is 3.47. The molecule has 1 fully saturated rings. The van der Waals surface area contributed by atoms with Gasteiger partial charge in [-0.1, -0.05) is 50.1 Å². The molecule has 1 N–H and O–H groups in total. The molecule has 1 aliphatic carbocycles. The van der Waals surface area contributed by atoms with Crippen molar-refractivity contribution >= 4 is 23.2 Å². The van der Waals surface area contributed by atoms with Crippen LogP contribution in [0.4, 0.5) is 11.4 Å². The molecule has 1 unspecified atom stereocenters. The highest BCUT2D eigenvalue weighted by Crippen LogP contribution is 2.29. The summed E-state index contributed by atoms with van der Waals surface area (Å²) < 4.78 is 5.33. The molecule has 2 aromatic rings. The number of methoxy groups -OCH3 is 1. The molecule has 0 heterocycles. The number of hydrogen-bond donors (Lipinski definition) is 1. The van der Waals surface area contributed by atoms with Crippen LogP contribution in [-0.4, -0.2) is 51.1 Å². The zero-order valence-electron chi connectivity index (χ0n) is 21.0. The maximum absolute atomic E-state index is 13.7. The summed E-state index contributed by atoms with van der Waals surface area (Å²) in [5.74, 6) is 0.0957. The lowest BCUT2D eigenvalue weighted by Gasteiger charge is -2.29. The number of carbonyl (C=O) groups is 2. The molecule has 0 spiro atoms. The molecule has 0 radical (unpaired) electrons. The Balaban J connectivity index is 1.86. The molecule has 0 aliphatic heterocycles. The smallest absolute Gasteiger partial charge is 0.230 e. The third kappa shape index (κ3) is 6.60. The van der Waals surface area contributed by atoms with Crippen molar-refractivity contribution in [3.63, 3.8) is 0 Å². The number of hydrogen-bond acceptors (Lipinski definition) is 4. The number of ether oxygens (including phenoxy) is 1. The van der Waals surface area contributed by atoms with E-state index in [9.17, 15) is 9.59 Å². The zero-order valence-corrected chi connectivity index (χ0v) is 21.0. The van der Waals surface area contributed by atoms with E-state index in [1.54, 1.807) is 7.11 Å². The van der Waals surface area contributed by atoms with Crippen LogP contribution in [0.1, 0.15) is 56.1 Å². The number of carbonyl (C=O) groups excluding carboxylic acids is 2. The summed E-state index contributed by atoms with van der Waals surface area (Å²) in [6.07, 6.45) is 4.90. The first-order chi connectivity index (χ1) is 16.4. The fraction of sp³-hybridized carbons (Fsp3) is 0.500. The first-order valence-corrected chi connectivity index (χ1v) is 12.4. The number of benzene rings is 2. The lowest BCUT2D eigenvalue weighted by molar-refractivity contribution is -0.134. The highest BCUT2D eigenvalue weighted by Gasteiger charge is 2.26. The van der Waals surface area contributed by atoms with Crippen molar-refractivity contribution < 1.29 is 14.3 Å². The Morgan fingerprint density at radius 3 is 2.41 bits per heavy atom. The van der Waals surface area contributed by atoms with Gasteiger partial charge in [-0.2, -0.15) is 0 Å². The van der Waals surface area contributed by atoms with E-state index in [0.29, 0.717) is 19.7 Å². The average Bonchev–Trinajstić information content (AvgIpc) is 3.38. The third-order valence-corrected chi connectivity index (χ3v) is 6.70. The fourth-order valence-electron chi connectivity index (χ4n) is 4.79. The third-order valence-electron chi connectivity index (χ3n) is 6.70. The SMILES string of the molecule is CCC(C(=O)N(CCOC)Cc1cc(NC(=O)C2CCCC2)ccc1N(C)C)c1ccccc1. The highest BCUT2D eigenvalue weighted by molar-refractivity contribution is 5.93. The minimum atomic E-state index is -0.203. The van der Waals surface area contributed by atoms with Gasteiger partial charge in [0, 0.05) is 51.6 Å². The normalized spacial score (nSPS) is 14.6. The maximum atomic E-state index is 13.7. The molecule has 3 rings (SSSR count). The molecular formula is C28H39N3O3. The van der Waals surface area contributed by atoms with Gasteiger partial charge < -0.3 is 19.9 Å². The molecule has 1 atom stereocenters. The molecule has 2 amide bonds. The predicted octanol–water partition coefficient (Wildman–Crippen LogP) is 5.05. The fourth-order valence-corrected chi connectivity index (χ4v) is 4.79. The van der Waals surface area contributed by atoms with E-state index in [4.69, 9.17) is 4.74 Å². The second-order valence-electron chi connectivity index (χ2n) is 9.33. The van der Waals surface area contributed by atoms with Gasteiger partial charge in [0.15, 0.2) is 0 Å². The van der Waals surface area contributed by atoms with Gasteiger partial charge in [-0.05, 0) is 48.6 Å². The van der Waals surface area contributed by atoms with Crippen molar-refractivity contribution in [2.24, 2.45) is 5.92 Å². The lowest BCUT2D eigenvalue weighted by atomic mass is 9.94. The predicted molar refractivity (Wildman–Crippen MR) is 138 cm³/mol. The number of nitrogens with one attached hydrogen (secondary N) is 1. The van der Waals surface area contributed by atoms with E-state index < -0.39 is 0 Å². The average molecular weight is 466 g/mol. The van der Waals surface area contributed by atoms with E-state index in [1.165, 1.54) is 0 Å². The first kappa shape index (κ1) is 25.8. The topological polar surface area (TPSA) is 61.9 Å². The second-order valence-corrected chi connectivity index (χ2v) is 9.33. The number of anilines is 2. The standard InChI is InChI=1S/C28H39N3O3/c1-5-25(21-11-7-6-8-12-21)28(33)31(17-18-34-4)20-23-19-24(15-16-26(23)30(2)3)29-27(32)22-13-9-10-14-22/h6-8,11-12,15-16,19,22,25H,5,9-10,13-14,17-18,20H2,1-4H3,(H,29,32). The molecule has 1 aliphatic rings. The van der Waals surface area contributed by atoms with Gasteiger partial charge in [0.25, 0.3) is 0 Å². The summed E-state index contributed by atoms with van der Waals surface area (Å²) in [7, 11) is 5.65. The van der Waals surface area contributed by atoms with E-state index in [-0.39, 0.29) is 23.7 Å². The summed E-state index contributed by atoms with van der Waals surface area (Å²) in [4.78, 5) is 30.3. The van der Waals surface area contributed by atoms with Crippen LogP contribution < -0.4 is 10.2 Å². The Morgan fingerprint density at radius 2 is 1.79 bits per heavy atom. The molecule has 34 heavy (non-hydrogen) atoms. The van der Waals surface area contributed by atoms with Gasteiger partial charge in [-0.25, -0.2) is 0 Å². The Kier molecular flexibility index (Phi) is 9.52. The Labute approximate surface area is 204 Å². The quantitative estimate of drug-likeness (QED) is 0.504. The number of amides is 2. The molecule has 6 nitrogen and oxygen atoms in total. The summed E-state index contributed by atoms with van der Waals surface area (Å²) in [5.41, 5.74) is 3.85. The van der Waals surface area contributed by atoms with Gasteiger partial charge in [0.05, 0.1) is 12.5 Å². The van der Waals surface area contributed by atoms with E-state index in [2.05, 4.69) is 12.2 Å². The second kappa shape index (κ2) is 12.6. The minimum Gasteiger partial charge on any atom is -0.383 e. The van der Waals surface area contributed by atoms with Crippen LogP contribution in [0.15, 0.2) is 48.5 Å². The van der Waals surface area contributed by atoms with Crippen LogP contribution in [0, 0.1) is 5.92 Å². The molecular weight excluding hydrogens is 426 g/mol. The summed E-state index contributed by atoms with van der Waals surface area (Å²) in [5, 5.41) is 3.11. The van der Waals surface area contributed by atoms with Gasteiger partial charge in [-0.15, -0.1) is 0 Å². The summed E-state index contributed by atoms with van der Waals surface area (Å²) in [6, 6.07) is 15.9. The van der Waals surface area contributed by atoms with Crippen LogP contribution in [0.3, 0.4) is 0 Å². The lowest BCUT2D eigenvalue weighted by Crippen LogP contribution is -2.37. The van der Waals surface area contributed by atoms with Gasteiger partial charge in [0.2, 0.25) is 11.8 Å². The van der Waals surface area contributed by atoms with E-state index >= 15 is 0 Å². The molecule has 0 aromatic heterocycles. The zero-order chi connectivity index (χ0) is 24.5.